The SMILES string of the molecule is CCOC(=O)C[C@@H](c1ccc(OC)cc1)C(F)(F)F. The lowest BCUT2D eigenvalue weighted by atomic mass is 9.95. The van der Waals surface area contributed by atoms with Crippen LogP contribution in [0.25, 0.3) is 0 Å². The average molecular weight is 276 g/mol. The van der Waals surface area contributed by atoms with E-state index in [1.165, 1.54) is 31.4 Å². The van der Waals surface area contributed by atoms with E-state index in [0.29, 0.717) is 5.75 Å². The highest BCUT2D eigenvalue weighted by Crippen LogP contribution is 2.38. The number of carbonyl (C=O) groups excluding carboxylic acids is 1. The molecule has 0 aliphatic carbocycles. The number of hydrogen-bond donors (Lipinski definition) is 0. The van der Waals surface area contributed by atoms with E-state index in [-0.39, 0.29) is 12.2 Å². The Morgan fingerprint density at radius 3 is 2.26 bits per heavy atom. The largest absolute Gasteiger partial charge is 0.497 e. The summed E-state index contributed by atoms with van der Waals surface area (Å²) in [5.41, 5.74) is 0.0151. The first-order valence-electron chi connectivity index (χ1n) is 5.74. The highest BCUT2D eigenvalue weighted by molar-refractivity contribution is 5.70. The molecule has 0 amide bonds. The van der Waals surface area contributed by atoms with E-state index in [4.69, 9.17) is 4.74 Å². The minimum Gasteiger partial charge on any atom is -0.497 e. The summed E-state index contributed by atoms with van der Waals surface area (Å²) in [6.45, 7) is 1.61. The van der Waals surface area contributed by atoms with Crippen LogP contribution in [0.15, 0.2) is 24.3 Å². The van der Waals surface area contributed by atoms with E-state index in [0.717, 1.165) is 0 Å². The molecule has 6 heteroatoms. The summed E-state index contributed by atoms with van der Waals surface area (Å²) in [4.78, 5) is 11.2. The van der Waals surface area contributed by atoms with Gasteiger partial charge in [-0.1, -0.05) is 12.1 Å². The maximum Gasteiger partial charge on any atom is 0.396 e. The van der Waals surface area contributed by atoms with Gasteiger partial charge in [-0.3, -0.25) is 4.79 Å². The summed E-state index contributed by atoms with van der Waals surface area (Å²) in [7, 11) is 1.43. The zero-order valence-electron chi connectivity index (χ0n) is 10.7. The summed E-state index contributed by atoms with van der Waals surface area (Å²) in [5.74, 6) is -2.26. The number of esters is 1. The molecule has 106 valence electrons. The molecule has 0 unspecified atom stereocenters. The van der Waals surface area contributed by atoms with Crippen LogP contribution in [0.1, 0.15) is 24.8 Å². The van der Waals surface area contributed by atoms with E-state index in [1.807, 2.05) is 0 Å². The number of rotatable bonds is 5. The van der Waals surface area contributed by atoms with Crippen molar-refractivity contribution in [1.29, 1.82) is 0 Å². The van der Waals surface area contributed by atoms with Crippen molar-refractivity contribution in [2.75, 3.05) is 13.7 Å². The Hall–Kier alpha value is -1.72. The first-order valence-corrected chi connectivity index (χ1v) is 5.74. The molecule has 19 heavy (non-hydrogen) atoms. The third kappa shape index (κ3) is 4.46. The van der Waals surface area contributed by atoms with Gasteiger partial charge in [0.25, 0.3) is 0 Å². The summed E-state index contributed by atoms with van der Waals surface area (Å²) in [5, 5.41) is 0. The number of benzene rings is 1. The topological polar surface area (TPSA) is 35.5 Å². The van der Waals surface area contributed by atoms with Crippen molar-refractivity contribution in [2.45, 2.75) is 25.4 Å². The normalized spacial score (nSPS) is 12.9. The zero-order valence-corrected chi connectivity index (χ0v) is 10.7. The van der Waals surface area contributed by atoms with Gasteiger partial charge in [0, 0.05) is 0 Å². The maximum absolute atomic E-state index is 12.9. The molecule has 0 aromatic heterocycles. The molecule has 0 saturated heterocycles. The Kier molecular flexibility index (Phi) is 5.20. The summed E-state index contributed by atoms with van der Waals surface area (Å²) in [6.07, 6.45) is -5.22. The third-order valence-electron chi connectivity index (χ3n) is 2.59. The molecule has 3 nitrogen and oxygen atoms in total. The summed E-state index contributed by atoms with van der Waals surface area (Å²) < 4.78 is 48.3. The van der Waals surface area contributed by atoms with Gasteiger partial charge in [-0.05, 0) is 24.6 Å². The number of alkyl halides is 3. The monoisotopic (exact) mass is 276 g/mol. The van der Waals surface area contributed by atoms with Crippen LogP contribution in [-0.2, 0) is 9.53 Å². The van der Waals surface area contributed by atoms with Crippen molar-refractivity contribution in [3.63, 3.8) is 0 Å². The Labute approximate surface area is 109 Å². The molecule has 1 aromatic rings. The molecular formula is C13H15F3O3. The van der Waals surface area contributed by atoms with E-state index in [9.17, 15) is 18.0 Å². The van der Waals surface area contributed by atoms with Crippen molar-refractivity contribution in [2.24, 2.45) is 0 Å². The van der Waals surface area contributed by atoms with Gasteiger partial charge in [-0.2, -0.15) is 13.2 Å². The fourth-order valence-electron chi connectivity index (χ4n) is 1.65. The minimum absolute atomic E-state index is 0.0151. The molecule has 0 spiro atoms. The summed E-state index contributed by atoms with van der Waals surface area (Å²) >= 11 is 0. The van der Waals surface area contributed by atoms with Gasteiger partial charge >= 0.3 is 12.1 Å². The molecular weight excluding hydrogens is 261 g/mol. The van der Waals surface area contributed by atoms with Crippen LogP contribution in [0.4, 0.5) is 13.2 Å². The Bertz CT molecular complexity index is 412. The predicted octanol–water partition coefficient (Wildman–Crippen LogP) is 3.29. The van der Waals surface area contributed by atoms with Crippen LogP contribution in [0.3, 0.4) is 0 Å². The van der Waals surface area contributed by atoms with Crippen LogP contribution < -0.4 is 4.74 Å². The third-order valence-corrected chi connectivity index (χ3v) is 2.59. The number of halogens is 3. The lowest BCUT2D eigenvalue weighted by molar-refractivity contribution is -0.166. The van der Waals surface area contributed by atoms with Crippen molar-refractivity contribution >= 4 is 5.97 Å². The van der Waals surface area contributed by atoms with Gasteiger partial charge < -0.3 is 9.47 Å². The van der Waals surface area contributed by atoms with Gasteiger partial charge in [0.05, 0.1) is 26.1 Å². The van der Waals surface area contributed by atoms with Crippen molar-refractivity contribution in [3.05, 3.63) is 29.8 Å². The fraction of sp³-hybridized carbons (Fsp3) is 0.462. The lowest BCUT2D eigenvalue weighted by Crippen LogP contribution is -2.24. The van der Waals surface area contributed by atoms with Crippen molar-refractivity contribution in [1.82, 2.24) is 0 Å². The highest BCUT2D eigenvalue weighted by Gasteiger charge is 2.42. The van der Waals surface area contributed by atoms with Crippen molar-refractivity contribution < 1.29 is 27.4 Å². The molecule has 0 N–H and O–H groups in total. The van der Waals surface area contributed by atoms with E-state index in [1.54, 1.807) is 6.92 Å². The Morgan fingerprint density at radius 2 is 1.84 bits per heavy atom. The average Bonchev–Trinajstić information content (AvgIpc) is 2.35. The first-order chi connectivity index (χ1) is 8.88. The second-order valence-electron chi connectivity index (χ2n) is 3.88. The second-order valence-corrected chi connectivity index (χ2v) is 3.88. The second kappa shape index (κ2) is 6.45. The molecule has 0 heterocycles. The van der Waals surface area contributed by atoms with E-state index in [2.05, 4.69) is 4.74 Å². The van der Waals surface area contributed by atoms with Gasteiger partial charge in [0.2, 0.25) is 0 Å². The fourth-order valence-corrected chi connectivity index (χ4v) is 1.65. The molecule has 1 aromatic carbocycles. The predicted molar refractivity (Wildman–Crippen MR) is 63.0 cm³/mol. The van der Waals surface area contributed by atoms with Crippen LogP contribution in [-0.4, -0.2) is 25.9 Å². The molecule has 0 fully saturated rings. The number of carbonyl (C=O) groups is 1. The molecule has 1 atom stereocenters. The van der Waals surface area contributed by atoms with E-state index >= 15 is 0 Å². The standard InChI is InChI=1S/C13H15F3O3/c1-3-19-12(17)8-11(13(14,15)16)9-4-6-10(18-2)7-5-9/h4-7,11H,3,8H2,1-2H3/t11-/m0/s1. The Morgan fingerprint density at radius 1 is 1.26 bits per heavy atom. The smallest absolute Gasteiger partial charge is 0.396 e. The lowest BCUT2D eigenvalue weighted by Gasteiger charge is -2.20. The summed E-state index contributed by atoms with van der Waals surface area (Å²) in [6, 6.07) is 5.46. The molecule has 0 saturated carbocycles. The van der Waals surface area contributed by atoms with Crippen LogP contribution in [0.2, 0.25) is 0 Å². The zero-order chi connectivity index (χ0) is 14.5. The molecule has 0 radical (unpaired) electrons. The Balaban J connectivity index is 2.93. The highest BCUT2D eigenvalue weighted by atomic mass is 19.4. The number of hydrogen-bond acceptors (Lipinski definition) is 3. The number of methoxy groups -OCH3 is 1. The van der Waals surface area contributed by atoms with Crippen LogP contribution in [0.5, 0.6) is 5.75 Å². The van der Waals surface area contributed by atoms with Gasteiger partial charge in [0.1, 0.15) is 5.75 Å². The van der Waals surface area contributed by atoms with E-state index < -0.39 is 24.5 Å². The molecule has 1 rings (SSSR count). The molecule has 0 bridgehead atoms. The van der Waals surface area contributed by atoms with Gasteiger partial charge in [-0.25, -0.2) is 0 Å². The molecule has 0 aliphatic heterocycles. The first kappa shape index (κ1) is 15.3. The van der Waals surface area contributed by atoms with Gasteiger partial charge in [-0.15, -0.1) is 0 Å². The number of ether oxygens (including phenoxy) is 2. The quantitative estimate of drug-likeness (QED) is 0.774. The minimum atomic E-state index is -4.50. The maximum atomic E-state index is 12.9. The van der Waals surface area contributed by atoms with Gasteiger partial charge in [0.15, 0.2) is 0 Å². The van der Waals surface area contributed by atoms with Crippen LogP contribution in [0, 0.1) is 0 Å². The molecule has 0 aliphatic rings. The van der Waals surface area contributed by atoms with Crippen molar-refractivity contribution in [3.8, 4) is 5.75 Å². The van der Waals surface area contributed by atoms with Crippen LogP contribution >= 0.6 is 0 Å².